The fraction of sp³-hybridized carbons (Fsp3) is 0.375. The lowest BCUT2D eigenvalue weighted by molar-refractivity contribution is -0.138. The summed E-state index contributed by atoms with van der Waals surface area (Å²) in [5.74, 6) is -1.37. The van der Waals surface area contributed by atoms with Crippen molar-refractivity contribution >= 4 is 23.2 Å². The first-order valence-corrected chi connectivity index (χ1v) is 5.15. The molecule has 6 nitrogen and oxygen atoms in total. The van der Waals surface area contributed by atoms with E-state index in [1.54, 1.807) is 5.38 Å². The van der Waals surface area contributed by atoms with E-state index in [2.05, 4.69) is 10.3 Å². The molecule has 0 aliphatic heterocycles. The quantitative estimate of drug-likeness (QED) is 0.641. The molecule has 0 saturated heterocycles. The number of aromatic nitrogens is 1. The van der Waals surface area contributed by atoms with Crippen molar-refractivity contribution in [2.24, 2.45) is 5.73 Å². The maximum absolute atomic E-state index is 11.3. The summed E-state index contributed by atoms with van der Waals surface area (Å²) < 4.78 is 0. The lowest BCUT2D eigenvalue weighted by atomic mass is 10.2. The van der Waals surface area contributed by atoms with Gasteiger partial charge in [0.15, 0.2) is 5.01 Å². The highest BCUT2D eigenvalue weighted by Crippen LogP contribution is 2.02. The lowest BCUT2D eigenvalue weighted by Crippen LogP contribution is -2.35. The standard InChI is InChI=1S/C8H11N3O3S/c9-5(8(13)14)1-2-10-6(12)7-11-3-4-15-7/h3-5H,1-2,9H2,(H,10,12)(H,13,14)/t5-/m0/s1. The van der Waals surface area contributed by atoms with Crippen LogP contribution in [-0.4, -0.2) is 34.6 Å². The third-order valence-electron chi connectivity index (χ3n) is 1.68. The van der Waals surface area contributed by atoms with Crippen LogP contribution in [0, 0.1) is 0 Å². The van der Waals surface area contributed by atoms with Crippen LogP contribution >= 0.6 is 11.3 Å². The number of hydrogen-bond donors (Lipinski definition) is 3. The van der Waals surface area contributed by atoms with Crippen LogP contribution in [0.1, 0.15) is 16.2 Å². The van der Waals surface area contributed by atoms with Gasteiger partial charge in [0.05, 0.1) is 0 Å². The predicted octanol–water partition coefficient (Wildman–Crippen LogP) is -0.325. The number of thiazole rings is 1. The first-order chi connectivity index (χ1) is 7.11. The Morgan fingerprint density at radius 2 is 2.40 bits per heavy atom. The van der Waals surface area contributed by atoms with E-state index in [0.717, 1.165) is 0 Å². The fourth-order valence-electron chi connectivity index (χ4n) is 0.876. The van der Waals surface area contributed by atoms with Crippen LogP contribution in [-0.2, 0) is 4.79 Å². The zero-order chi connectivity index (χ0) is 11.3. The van der Waals surface area contributed by atoms with Crippen LogP contribution in [0.5, 0.6) is 0 Å². The van der Waals surface area contributed by atoms with Gasteiger partial charge in [-0.05, 0) is 6.42 Å². The van der Waals surface area contributed by atoms with Crippen LogP contribution in [0.25, 0.3) is 0 Å². The molecule has 1 aromatic rings. The summed E-state index contributed by atoms with van der Waals surface area (Å²) in [7, 11) is 0. The Bertz CT molecular complexity index is 339. The first kappa shape index (κ1) is 11.6. The van der Waals surface area contributed by atoms with Gasteiger partial charge < -0.3 is 16.2 Å². The van der Waals surface area contributed by atoms with E-state index < -0.39 is 12.0 Å². The van der Waals surface area contributed by atoms with E-state index in [9.17, 15) is 9.59 Å². The second-order valence-corrected chi connectivity index (χ2v) is 3.72. The number of carboxylic acid groups (broad SMARTS) is 1. The number of carbonyl (C=O) groups excluding carboxylic acids is 1. The summed E-state index contributed by atoms with van der Waals surface area (Å²) in [4.78, 5) is 25.5. The van der Waals surface area contributed by atoms with Gasteiger partial charge in [0, 0.05) is 18.1 Å². The fourth-order valence-corrected chi connectivity index (χ4v) is 1.43. The number of nitrogens with zero attached hydrogens (tertiary/aromatic N) is 1. The molecule has 15 heavy (non-hydrogen) atoms. The van der Waals surface area contributed by atoms with Gasteiger partial charge >= 0.3 is 5.97 Å². The Morgan fingerprint density at radius 1 is 1.67 bits per heavy atom. The van der Waals surface area contributed by atoms with E-state index in [4.69, 9.17) is 10.8 Å². The van der Waals surface area contributed by atoms with E-state index >= 15 is 0 Å². The third kappa shape index (κ3) is 3.64. The van der Waals surface area contributed by atoms with Gasteiger partial charge in [0.25, 0.3) is 5.91 Å². The summed E-state index contributed by atoms with van der Waals surface area (Å²) in [6.07, 6.45) is 1.73. The minimum Gasteiger partial charge on any atom is -0.480 e. The largest absolute Gasteiger partial charge is 0.480 e. The molecule has 1 atom stereocenters. The molecule has 0 aliphatic rings. The van der Waals surface area contributed by atoms with Crippen LogP contribution < -0.4 is 11.1 Å². The van der Waals surface area contributed by atoms with Crippen LogP contribution in [0.15, 0.2) is 11.6 Å². The van der Waals surface area contributed by atoms with Crippen LogP contribution in [0.3, 0.4) is 0 Å². The molecule has 0 saturated carbocycles. The Morgan fingerprint density at radius 3 is 2.93 bits per heavy atom. The van der Waals surface area contributed by atoms with Crippen molar-refractivity contribution in [1.29, 1.82) is 0 Å². The molecule has 0 bridgehead atoms. The number of nitrogens with one attached hydrogen (secondary N) is 1. The molecule has 82 valence electrons. The zero-order valence-corrected chi connectivity index (χ0v) is 8.66. The van der Waals surface area contributed by atoms with E-state index in [-0.39, 0.29) is 18.9 Å². The topological polar surface area (TPSA) is 105 Å². The number of amides is 1. The SMILES string of the molecule is N[C@@H](CCNC(=O)c1nccs1)C(=O)O. The molecule has 0 spiro atoms. The number of carbonyl (C=O) groups is 2. The van der Waals surface area contributed by atoms with Crippen LogP contribution in [0.2, 0.25) is 0 Å². The highest BCUT2D eigenvalue weighted by atomic mass is 32.1. The molecule has 0 aromatic carbocycles. The number of rotatable bonds is 5. The van der Waals surface area contributed by atoms with Crippen molar-refractivity contribution in [3.05, 3.63) is 16.6 Å². The molecular formula is C8H11N3O3S. The van der Waals surface area contributed by atoms with Gasteiger partial charge in [-0.15, -0.1) is 11.3 Å². The van der Waals surface area contributed by atoms with Crippen molar-refractivity contribution in [2.75, 3.05) is 6.54 Å². The maximum Gasteiger partial charge on any atom is 0.320 e. The predicted molar refractivity (Wildman–Crippen MR) is 54.7 cm³/mol. The average Bonchev–Trinajstić information content (AvgIpc) is 2.70. The zero-order valence-electron chi connectivity index (χ0n) is 7.84. The normalized spacial score (nSPS) is 12.1. The van der Waals surface area contributed by atoms with E-state index in [0.29, 0.717) is 5.01 Å². The minimum absolute atomic E-state index is 0.201. The van der Waals surface area contributed by atoms with Gasteiger partial charge in [-0.25, -0.2) is 4.98 Å². The molecule has 1 aromatic heterocycles. The molecule has 7 heteroatoms. The molecular weight excluding hydrogens is 218 g/mol. The van der Waals surface area contributed by atoms with E-state index in [1.165, 1.54) is 17.5 Å². The van der Waals surface area contributed by atoms with Gasteiger partial charge in [-0.1, -0.05) is 0 Å². The molecule has 0 radical (unpaired) electrons. The van der Waals surface area contributed by atoms with Gasteiger partial charge in [0.1, 0.15) is 6.04 Å². The summed E-state index contributed by atoms with van der Waals surface area (Å²) in [5.41, 5.74) is 5.26. The molecule has 1 heterocycles. The Labute approximate surface area is 90.1 Å². The number of aliphatic carboxylic acids is 1. The van der Waals surface area contributed by atoms with Crippen LogP contribution in [0.4, 0.5) is 0 Å². The first-order valence-electron chi connectivity index (χ1n) is 4.27. The van der Waals surface area contributed by atoms with Gasteiger partial charge in [-0.3, -0.25) is 9.59 Å². The molecule has 1 rings (SSSR count). The number of nitrogens with two attached hydrogens (primary N) is 1. The highest BCUT2D eigenvalue weighted by Gasteiger charge is 2.12. The van der Waals surface area contributed by atoms with Crippen molar-refractivity contribution < 1.29 is 14.7 Å². The highest BCUT2D eigenvalue weighted by molar-refractivity contribution is 7.11. The molecule has 0 fully saturated rings. The van der Waals surface area contributed by atoms with Crippen molar-refractivity contribution in [3.8, 4) is 0 Å². The van der Waals surface area contributed by atoms with Crippen molar-refractivity contribution in [1.82, 2.24) is 10.3 Å². The van der Waals surface area contributed by atoms with Crippen molar-refractivity contribution in [3.63, 3.8) is 0 Å². The summed E-state index contributed by atoms with van der Waals surface area (Å²) in [6.45, 7) is 0.228. The number of hydrogen-bond acceptors (Lipinski definition) is 5. The second kappa shape index (κ2) is 5.42. The molecule has 4 N–H and O–H groups in total. The van der Waals surface area contributed by atoms with Gasteiger partial charge in [-0.2, -0.15) is 0 Å². The summed E-state index contributed by atoms with van der Waals surface area (Å²) >= 11 is 1.23. The number of carboxylic acids is 1. The molecule has 1 amide bonds. The maximum atomic E-state index is 11.3. The molecule has 0 unspecified atom stereocenters. The van der Waals surface area contributed by atoms with Crippen molar-refractivity contribution in [2.45, 2.75) is 12.5 Å². The smallest absolute Gasteiger partial charge is 0.320 e. The monoisotopic (exact) mass is 229 g/mol. The minimum atomic E-state index is -1.07. The Balaban J connectivity index is 2.27. The second-order valence-electron chi connectivity index (χ2n) is 2.83. The van der Waals surface area contributed by atoms with Gasteiger partial charge in [0.2, 0.25) is 0 Å². The summed E-state index contributed by atoms with van der Waals surface area (Å²) in [5, 5.41) is 13.1. The molecule has 0 aliphatic carbocycles. The lowest BCUT2D eigenvalue weighted by Gasteiger charge is -2.06. The average molecular weight is 229 g/mol. The third-order valence-corrected chi connectivity index (χ3v) is 2.46. The van der Waals surface area contributed by atoms with E-state index in [1.807, 2.05) is 0 Å². The Kier molecular flexibility index (Phi) is 4.19. The summed E-state index contributed by atoms with van der Waals surface area (Å²) in [6, 6.07) is -0.943. The Hall–Kier alpha value is -1.47.